The van der Waals surface area contributed by atoms with Crippen molar-refractivity contribution < 1.29 is 10.0 Å². The molecule has 0 aromatic heterocycles. The Morgan fingerprint density at radius 3 is 2.38 bits per heavy atom. The SMILES string of the molecule is CC(O)CC(CN)c1ccc([N+](=O)[O-])cc1. The van der Waals surface area contributed by atoms with Gasteiger partial charge in [-0.2, -0.15) is 0 Å². The number of hydrogen-bond acceptors (Lipinski definition) is 4. The van der Waals surface area contributed by atoms with Gasteiger partial charge in [0.15, 0.2) is 0 Å². The van der Waals surface area contributed by atoms with Gasteiger partial charge in [-0.3, -0.25) is 10.1 Å². The number of aliphatic hydroxyl groups excluding tert-OH is 1. The summed E-state index contributed by atoms with van der Waals surface area (Å²) >= 11 is 0. The van der Waals surface area contributed by atoms with Gasteiger partial charge >= 0.3 is 0 Å². The van der Waals surface area contributed by atoms with Crippen molar-refractivity contribution in [3.63, 3.8) is 0 Å². The molecule has 0 aliphatic heterocycles. The molecule has 0 aliphatic rings. The number of nitro groups is 1. The first-order valence-electron chi connectivity index (χ1n) is 5.17. The molecule has 2 unspecified atom stereocenters. The number of nitrogens with two attached hydrogens (primary N) is 1. The Kier molecular flexibility index (Phi) is 4.39. The van der Waals surface area contributed by atoms with E-state index < -0.39 is 11.0 Å². The van der Waals surface area contributed by atoms with Crippen LogP contribution in [0.3, 0.4) is 0 Å². The van der Waals surface area contributed by atoms with E-state index in [-0.39, 0.29) is 11.6 Å². The zero-order chi connectivity index (χ0) is 12.1. The molecule has 0 spiro atoms. The third-order valence-electron chi connectivity index (χ3n) is 2.49. The van der Waals surface area contributed by atoms with E-state index in [0.717, 1.165) is 5.56 Å². The predicted octanol–water partition coefficient (Wildman–Crippen LogP) is 1.41. The Bertz CT molecular complexity index is 349. The Morgan fingerprint density at radius 2 is 2.00 bits per heavy atom. The van der Waals surface area contributed by atoms with E-state index in [2.05, 4.69) is 0 Å². The average Bonchev–Trinajstić information content (AvgIpc) is 2.25. The van der Waals surface area contributed by atoms with E-state index in [9.17, 15) is 15.2 Å². The molecule has 5 heteroatoms. The molecular weight excluding hydrogens is 208 g/mol. The second kappa shape index (κ2) is 5.58. The van der Waals surface area contributed by atoms with Crippen molar-refractivity contribution in [2.24, 2.45) is 5.73 Å². The standard InChI is InChI=1S/C11H16N2O3/c1-8(14)6-10(7-12)9-2-4-11(5-3-9)13(15)16/h2-5,8,10,14H,6-7,12H2,1H3. The number of nitro benzene ring substituents is 1. The number of benzene rings is 1. The molecule has 16 heavy (non-hydrogen) atoms. The van der Waals surface area contributed by atoms with E-state index in [1.54, 1.807) is 19.1 Å². The highest BCUT2D eigenvalue weighted by Crippen LogP contribution is 2.22. The van der Waals surface area contributed by atoms with Crippen LogP contribution >= 0.6 is 0 Å². The van der Waals surface area contributed by atoms with Gasteiger partial charge in [0.1, 0.15) is 0 Å². The summed E-state index contributed by atoms with van der Waals surface area (Å²) < 4.78 is 0. The lowest BCUT2D eigenvalue weighted by molar-refractivity contribution is -0.384. The fourth-order valence-electron chi connectivity index (χ4n) is 1.65. The highest BCUT2D eigenvalue weighted by Gasteiger charge is 2.13. The Balaban J connectivity index is 2.82. The lowest BCUT2D eigenvalue weighted by Gasteiger charge is -2.16. The highest BCUT2D eigenvalue weighted by molar-refractivity contribution is 5.34. The van der Waals surface area contributed by atoms with Gasteiger partial charge in [-0.1, -0.05) is 12.1 Å². The molecule has 0 radical (unpaired) electrons. The summed E-state index contributed by atoms with van der Waals surface area (Å²) in [5.41, 5.74) is 6.60. The summed E-state index contributed by atoms with van der Waals surface area (Å²) in [6, 6.07) is 6.30. The van der Waals surface area contributed by atoms with Crippen LogP contribution in [0.5, 0.6) is 0 Å². The van der Waals surface area contributed by atoms with Crippen LogP contribution in [-0.4, -0.2) is 22.7 Å². The third kappa shape index (κ3) is 3.29. The maximum Gasteiger partial charge on any atom is 0.269 e. The maximum atomic E-state index is 10.5. The van der Waals surface area contributed by atoms with Gasteiger partial charge in [-0.25, -0.2) is 0 Å². The minimum absolute atomic E-state index is 0.0424. The molecule has 0 fully saturated rings. The largest absolute Gasteiger partial charge is 0.393 e. The van der Waals surface area contributed by atoms with Crippen LogP contribution in [0.15, 0.2) is 24.3 Å². The summed E-state index contributed by atoms with van der Waals surface area (Å²) in [6.07, 6.45) is 0.137. The van der Waals surface area contributed by atoms with Crippen molar-refractivity contribution in [2.45, 2.75) is 25.4 Å². The minimum atomic E-state index is -0.435. The predicted molar refractivity (Wildman–Crippen MR) is 61.2 cm³/mol. The first-order valence-corrected chi connectivity index (χ1v) is 5.17. The Labute approximate surface area is 94.0 Å². The highest BCUT2D eigenvalue weighted by atomic mass is 16.6. The number of hydrogen-bond donors (Lipinski definition) is 2. The van der Waals surface area contributed by atoms with Gasteiger partial charge in [-0.05, 0) is 31.4 Å². The lowest BCUT2D eigenvalue weighted by atomic mass is 9.93. The second-order valence-corrected chi connectivity index (χ2v) is 3.87. The summed E-state index contributed by atoms with van der Waals surface area (Å²) in [7, 11) is 0. The molecule has 0 saturated heterocycles. The van der Waals surface area contributed by atoms with E-state index in [1.165, 1.54) is 12.1 Å². The molecule has 2 atom stereocenters. The van der Waals surface area contributed by atoms with E-state index >= 15 is 0 Å². The first-order chi connectivity index (χ1) is 7.54. The van der Waals surface area contributed by atoms with Crippen molar-refractivity contribution in [1.29, 1.82) is 0 Å². The molecule has 0 heterocycles. The zero-order valence-corrected chi connectivity index (χ0v) is 9.17. The maximum absolute atomic E-state index is 10.5. The van der Waals surface area contributed by atoms with Crippen LogP contribution < -0.4 is 5.73 Å². The van der Waals surface area contributed by atoms with Gasteiger partial charge in [0.05, 0.1) is 11.0 Å². The molecular formula is C11H16N2O3. The smallest absolute Gasteiger partial charge is 0.269 e. The molecule has 0 aliphatic carbocycles. The molecule has 0 bridgehead atoms. The van der Waals surface area contributed by atoms with Gasteiger partial charge < -0.3 is 10.8 Å². The molecule has 0 amide bonds. The van der Waals surface area contributed by atoms with Gasteiger partial charge in [0, 0.05) is 12.1 Å². The fourth-order valence-corrected chi connectivity index (χ4v) is 1.65. The van der Waals surface area contributed by atoms with Crippen LogP contribution in [0.1, 0.15) is 24.8 Å². The third-order valence-corrected chi connectivity index (χ3v) is 2.49. The molecule has 5 nitrogen and oxygen atoms in total. The van der Waals surface area contributed by atoms with Crippen LogP contribution in [-0.2, 0) is 0 Å². The first kappa shape index (κ1) is 12.6. The fraction of sp³-hybridized carbons (Fsp3) is 0.455. The van der Waals surface area contributed by atoms with Gasteiger partial charge in [0.2, 0.25) is 0 Å². The lowest BCUT2D eigenvalue weighted by Crippen LogP contribution is -2.17. The summed E-state index contributed by atoms with van der Waals surface area (Å²) in [4.78, 5) is 10.0. The van der Waals surface area contributed by atoms with Crippen molar-refractivity contribution in [3.8, 4) is 0 Å². The average molecular weight is 224 g/mol. The van der Waals surface area contributed by atoms with Crippen molar-refractivity contribution >= 4 is 5.69 Å². The molecule has 1 aromatic carbocycles. The van der Waals surface area contributed by atoms with Crippen molar-refractivity contribution in [2.75, 3.05) is 6.54 Å². The molecule has 1 aromatic rings. The Morgan fingerprint density at radius 1 is 1.44 bits per heavy atom. The van der Waals surface area contributed by atoms with Gasteiger partial charge in [-0.15, -0.1) is 0 Å². The summed E-state index contributed by atoms with van der Waals surface area (Å²) in [5.74, 6) is 0.0424. The van der Waals surface area contributed by atoms with E-state index in [0.29, 0.717) is 13.0 Å². The van der Waals surface area contributed by atoms with E-state index in [4.69, 9.17) is 5.73 Å². The topological polar surface area (TPSA) is 89.4 Å². The van der Waals surface area contributed by atoms with Crippen molar-refractivity contribution in [3.05, 3.63) is 39.9 Å². The van der Waals surface area contributed by atoms with Gasteiger partial charge in [0.25, 0.3) is 5.69 Å². The number of aliphatic hydroxyl groups is 1. The molecule has 1 rings (SSSR count). The normalized spacial score (nSPS) is 14.4. The molecule has 0 saturated carbocycles. The number of rotatable bonds is 5. The quantitative estimate of drug-likeness (QED) is 0.584. The van der Waals surface area contributed by atoms with E-state index in [1.807, 2.05) is 0 Å². The second-order valence-electron chi connectivity index (χ2n) is 3.87. The van der Waals surface area contributed by atoms with Crippen LogP contribution in [0.2, 0.25) is 0 Å². The Hall–Kier alpha value is -1.46. The minimum Gasteiger partial charge on any atom is -0.393 e. The summed E-state index contributed by atoms with van der Waals surface area (Å²) in [5, 5.41) is 19.8. The van der Waals surface area contributed by atoms with Crippen LogP contribution in [0, 0.1) is 10.1 Å². The van der Waals surface area contributed by atoms with Crippen molar-refractivity contribution in [1.82, 2.24) is 0 Å². The zero-order valence-electron chi connectivity index (χ0n) is 9.17. The number of nitrogens with zero attached hydrogens (tertiary/aromatic N) is 1. The monoisotopic (exact) mass is 224 g/mol. The number of non-ortho nitro benzene ring substituents is 1. The van der Waals surface area contributed by atoms with Crippen LogP contribution in [0.4, 0.5) is 5.69 Å². The summed E-state index contributed by atoms with van der Waals surface area (Å²) in [6.45, 7) is 2.12. The molecule has 3 N–H and O–H groups in total. The van der Waals surface area contributed by atoms with Crippen LogP contribution in [0.25, 0.3) is 0 Å². The molecule has 88 valence electrons.